The zero-order chi connectivity index (χ0) is 24.3. The molecule has 1 aliphatic rings. The largest absolute Gasteiger partial charge is 0.369 e. The van der Waals surface area contributed by atoms with Gasteiger partial charge in [0.1, 0.15) is 5.75 Å². The summed E-state index contributed by atoms with van der Waals surface area (Å²) in [6.07, 6.45) is 3.23. The third-order valence-corrected chi connectivity index (χ3v) is 7.55. The Morgan fingerprint density at radius 3 is 2.35 bits per heavy atom. The normalized spacial score (nSPS) is 14.7. The lowest BCUT2D eigenvalue weighted by atomic mass is 10.1. The van der Waals surface area contributed by atoms with E-state index in [1.165, 1.54) is 4.31 Å². The van der Waals surface area contributed by atoms with Gasteiger partial charge in [0.2, 0.25) is 21.7 Å². The van der Waals surface area contributed by atoms with Gasteiger partial charge in [0.05, 0.1) is 0 Å². The molecule has 0 aliphatic carbocycles. The average Bonchev–Trinajstić information content (AvgIpc) is 3.24. The predicted molar refractivity (Wildman–Crippen MR) is 130 cm³/mol. The number of nitrogens with zero attached hydrogens (tertiary/aromatic N) is 4. The van der Waals surface area contributed by atoms with E-state index in [-0.39, 0.29) is 5.78 Å². The van der Waals surface area contributed by atoms with Gasteiger partial charge in [-0.2, -0.15) is 4.31 Å². The maximum atomic E-state index is 12.8. The SMILES string of the molecule is Cc1cccc(N2CCN(S(=O)(=O)CC(=O)Nc3ccc(C(=O)c4nccn4C)cc3)CC2)c1. The minimum Gasteiger partial charge on any atom is -0.369 e. The molecule has 0 radical (unpaired) electrons. The number of aryl methyl sites for hydroxylation is 2. The second kappa shape index (κ2) is 9.78. The third-order valence-electron chi connectivity index (χ3n) is 5.77. The second-order valence-electron chi connectivity index (χ2n) is 8.30. The first-order chi connectivity index (χ1) is 16.2. The van der Waals surface area contributed by atoms with Crippen LogP contribution < -0.4 is 10.2 Å². The van der Waals surface area contributed by atoms with Crippen LogP contribution in [0.1, 0.15) is 21.7 Å². The zero-order valence-corrected chi connectivity index (χ0v) is 20.0. The Morgan fingerprint density at radius 2 is 1.74 bits per heavy atom. The lowest BCUT2D eigenvalue weighted by molar-refractivity contribution is -0.113. The zero-order valence-electron chi connectivity index (χ0n) is 19.1. The van der Waals surface area contributed by atoms with Crippen molar-refractivity contribution in [1.29, 1.82) is 0 Å². The molecule has 1 N–H and O–H groups in total. The molecular formula is C24H27N5O4S. The van der Waals surface area contributed by atoms with Crippen LogP contribution in [0.2, 0.25) is 0 Å². The molecule has 1 saturated heterocycles. The quantitative estimate of drug-likeness (QED) is 0.518. The fourth-order valence-electron chi connectivity index (χ4n) is 3.92. The summed E-state index contributed by atoms with van der Waals surface area (Å²) in [4.78, 5) is 31.1. The summed E-state index contributed by atoms with van der Waals surface area (Å²) in [6.45, 7) is 3.81. The van der Waals surface area contributed by atoms with Gasteiger partial charge in [-0.05, 0) is 48.9 Å². The van der Waals surface area contributed by atoms with Gasteiger partial charge in [0, 0.05) is 62.6 Å². The maximum Gasteiger partial charge on any atom is 0.241 e. The molecule has 2 heterocycles. The predicted octanol–water partition coefficient (Wildman–Crippen LogP) is 2.05. The van der Waals surface area contributed by atoms with Crippen molar-refractivity contribution in [2.75, 3.05) is 42.1 Å². The molecule has 3 aromatic rings. The molecule has 1 aliphatic heterocycles. The first kappa shape index (κ1) is 23.7. The first-order valence-electron chi connectivity index (χ1n) is 10.9. The van der Waals surface area contributed by atoms with Crippen LogP contribution in [-0.2, 0) is 21.9 Å². The van der Waals surface area contributed by atoms with Crippen molar-refractivity contribution in [3.63, 3.8) is 0 Å². The molecule has 1 amide bonds. The van der Waals surface area contributed by atoms with Crippen LogP contribution >= 0.6 is 0 Å². The Hall–Kier alpha value is -3.50. The van der Waals surface area contributed by atoms with E-state index >= 15 is 0 Å². The lowest BCUT2D eigenvalue weighted by Gasteiger charge is -2.35. The number of benzene rings is 2. The van der Waals surface area contributed by atoms with Crippen molar-refractivity contribution in [3.8, 4) is 0 Å². The van der Waals surface area contributed by atoms with E-state index in [2.05, 4.69) is 21.3 Å². The molecule has 0 bridgehead atoms. The number of amides is 1. The van der Waals surface area contributed by atoms with Crippen LogP contribution in [-0.4, -0.2) is 65.9 Å². The van der Waals surface area contributed by atoms with Crippen molar-refractivity contribution >= 4 is 33.1 Å². The molecule has 1 fully saturated rings. The summed E-state index contributed by atoms with van der Waals surface area (Å²) in [5.41, 5.74) is 3.06. The second-order valence-corrected chi connectivity index (χ2v) is 10.3. The number of piperazine rings is 1. The third kappa shape index (κ3) is 5.35. The smallest absolute Gasteiger partial charge is 0.241 e. The molecule has 0 saturated carbocycles. The minimum atomic E-state index is -3.74. The van der Waals surface area contributed by atoms with Crippen molar-refractivity contribution in [2.24, 2.45) is 7.05 Å². The standard InChI is InChI=1S/C24H27N5O4S/c1-18-4-3-5-21(16-18)28-12-14-29(15-13-28)34(32,33)17-22(30)26-20-8-6-19(7-9-20)23(31)24-25-10-11-27(24)2/h3-11,16H,12-15,17H2,1-2H3,(H,26,30). The van der Waals surface area contributed by atoms with Gasteiger partial charge < -0.3 is 14.8 Å². The van der Waals surface area contributed by atoms with Crippen LogP contribution in [0, 0.1) is 6.92 Å². The van der Waals surface area contributed by atoms with E-state index in [0.717, 1.165) is 11.3 Å². The van der Waals surface area contributed by atoms with Gasteiger partial charge in [-0.1, -0.05) is 12.1 Å². The number of hydrogen-bond acceptors (Lipinski definition) is 6. The summed E-state index contributed by atoms with van der Waals surface area (Å²) >= 11 is 0. The fourth-order valence-corrected chi connectivity index (χ4v) is 5.23. The Kier molecular flexibility index (Phi) is 6.80. The summed E-state index contributed by atoms with van der Waals surface area (Å²) in [7, 11) is -2.01. The highest BCUT2D eigenvalue weighted by Crippen LogP contribution is 2.19. The Bertz CT molecular complexity index is 1290. The molecule has 9 nitrogen and oxygen atoms in total. The van der Waals surface area contributed by atoms with Gasteiger partial charge in [-0.15, -0.1) is 0 Å². The number of aromatic nitrogens is 2. The van der Waals surface area contributed by atoms with Gasteiger partial charge in [-0.25, -0.2) is 13.4 Å². The summed E-state index contributed by atoms with van der Waals surface area (Å²) in [5.74, 6) is -1.18. The van der Waals surface area contributed by atoms with E-state index < -0.39 is 21.7 Å². The summed E-state index contributed by atoms with van der Waals surface area (Å²) in [5, 5.41) is 2.60. The molecular weight excluding hydrogens is 454 g/mol. The molecule has 4 rings (SSSR count). The van der Waals surface area contributed by atoms with E-state index in [1.54, 1.807) is 48.3 Å². The van der Waals surface area contributed by atoms with E-state index in [9.17, 15) is 18.0 Å². The Balaban J connectivity index is 1.32. The average molecular weight is 482 g/mol. The summed E-state index contributed by atoms with van der Waals surface area (Å²) in [6, 6.07) is 14.4. The molecule has 0 unspecified atom stereocenters. The number of carbonyl (C=O) groups is 2. The Labute approximate surface area is 199 Å². The van der Waals surface area contributed by atoms with E-state index in [0.29, 0.717) is 43.3 Å². The number of carbonyl (C=O) groups excluding carboxylic acids is 2. The van der Waals surface area contributed by atoms with Gasteiger partial charge in [-0.3, -0.25) is 9.59 Å². The molecule has 2 aromatic carbocycles. The molecule has 0 atom stereocenters. The molecule has 178 valence electrons. The van der Waals surface area contributed by atoms with Gasteiger partial charge >= 0.3 is 0 Å². The van der Waals surface area contributed by atoms with Crippen LogP contribution in [0.3, 0.4) is 0 Å². The molecule has 34 heavy (non-hydrogen) atoms. The highest BCUT2D eigenvalue weighted by atomic mass is 32.2. The maximum absolute atomic E-state index is 12.8. The summed E-state index contributed by atoms with van der Waals surface area (Å²) < 4.78 is 28.6. The lowest BCUT2D eigenvalue weighted by Crippen LogP contribution is -2.50. The highest BCUT2D eigenvalue weighted by Gasteiger charge is 2.29. The van der Waals surface area contributed by atoms with E-state index in [4.69, 9.17) is 0 Å². The van der Waals surface area contributed by atoms with Crippen LogP contribution in [0.25, 0.3) is 0 Å². The number of hydrogen-bond donors (Lipinski definition) is 1. The number of anilines is 2. The first-order valence-corrected chi connectivity index (χ1v) is 12.6. The monoisotopic (exact) mass is 481 g/mol. The van der Waals surface area contributed by atoms with E-state index in [1.807, 2.05) is 25.1 Å². The number of ketones is 1. The highest BCUT2D eigenvalue weighted by molar-refractivity contribution is 7.89. The van der Waals surface area contributed by atoms with Gasteiger partial charge in [0.25, 0.3) is 0 Å². The molecule has 1 aromatic heterocycles. The van der Waals surface area contributed by atoms with Crippen molar-refractivity contribution in [1.82, 2.24) is 13.9 Å². The van der Waals surface area contributed by atoms with Crippen molar-refractivity contribution in [2.45, 2.75) is 6.92 Å². The molecule has 10 heteroatoms. The van der Waals surface area contributed by atoms with Gasteiger partial charge in [0.15, 0.2) is 5.82 Å². The molecule has 0 spiro atoms. The number of nitrogens with one attached hydrogen (secondary N) is 1. The fraction of sp³-hybridized carbons (Fsp3) is 0.292. The number of sulfonamides is 1. The topological polar surface area (TPSA) is 105 Å². The van der Waals surface area contributed by atoms with Crippen LogP contribution in [0.4, 0.5) is 11.4 Å². The van der Waals surface area contributed by atoms with Crippen LogP contribution in [0.5, 0.6) is 0 Å². The van der Waals surface area contributed by atoms with Crippen LogP contribution in [0.15, 0.2) is 60.9 Å². The Morgan fingerprint density at radius 1 is 1.03 bits per heavy atom. The number of imidazole rings is 1. The minimum absolute atomic E-state index is 0.238. The van der Waals surface area contributed by atoms with Crippen molar-refractivity contribution < 1.29 is 18.0 Å². The number of rotatable bonds is 7. The van der Waals surface area contributed by atoms with Crippen molar-refractivity contribution in [3.05, 3.63) is 77.9 Å².